The van der Waals surface area contributed by atoms with Crippen molar-refractivity contribution in [2.75, 3.05) is 12.4 Å². The zero-order chi connectivity index (χ0) is 13.3. The van der Waals surface area contributed by atoms with Gasteiger partial charge in [0.15, 0.2) is 5.52 Å². The van der Waals surface area contributed by atoms with E-state index in [9.17, 15) is 18.0 Å². The summed E-state index contributed by atoms with van der Waals surface area (Å²) in [6.07, 6.45) is -3.64. The Kier molecular flexibility index (Phi) is 2.81. The highest BCUT2D eigenvalue weighted by molar-refractivity contribution is 5.95. The highest BCUT2D eigenvalue weighted by Crippen LogP contribution is 2.24. The van der Waals surface area contributed by atoms with E-state index < -0.39 is 12.1 Å². The van der Waals surface area contributed by atoms with Crippen molar-refractivity contribution in [3.05, 3.63) is 12.4 Å². The molecule has 18 heavy (non-hydrogen) atoms. The van der Waals surface area contributed by atoms with Gasteiger partial charge in [-0.2, -0.15) is 18.2 Å². The molecule has 0 unspecified atom stereocenters. The van der Waals surface area contributed by atoms with Gasteiger partial charge in [0.05, 0.1) is 19.0 Å². The van der Waals surface area contributed by atoms with Crippen molar-refractivity contribution >= 4 is 22.8 Å². The lowest BCUT2D eigenvalue weighted by Crippen LogP contribution is -2.30. The number of pyridine rings is 1. The normalized spacial score (nSPS) is 11.6. The van der Waals surface area contributed by atoms with Gasteiger partial charge in [-0.15, -0.1) is 0 Å². The number of aromatic amines is 1. The Morgan fingerprint density at radius 1 is 1.50 bits per heavy atom. The van der Waals surface area contributed by atoms with Crippen LogP contribution in [0.25, 0.3) is 11.0 Å². The summed E-state index contributed by atoms with van der Waals surface area (Å²) in [4.78, 5) is 21.0. The molecule has 0 spiro atoms. The molecule has 2 aromatic rings. The van der Waals surface area contributed by atoms with Crippen LogP contribution in [0.1, 0.15) is 0 Å². The van der Waals surface area contributed by atoms with Gasteiger partial charge in [0, 0.05) is 6.07 Å². The van der Waals surface area contributed by atoms with E-state index in [0.29, 0.717) is 11.0 Å². The Balaban J connectivity index is 2.37. The van der Waals surface area contributed by atoms with Crippen LogP contribution in [0.4, 0.5) is 19.0 Å². The molecular weight excluding hydrogens is 253 g/mol. The van der Waals surface area contributed by atoms with Crippen LogP contribution in [0, 0.1) is 0 Å². The van der Waals surface area contributed by atoms with E-state index in [1.54, 1.807) is 5.32 Å². The molecular formula is C9H7F3N4O2. The van der Waals surface area contributed by atoms with Crippen LogP contribution in [0.15, 0.2) is 12.4 Å². The molecule has 2 rings (SSSR count). The number of anilines is 1. The number of H-pyrrole nitrogens is 1. The van der Waals surface area contributed by atoms with E-state index in [0.717, 1.165) is 0 Å². The van der Waals surface area contributed by atoms with Crippen LogP contribution < -0.4 is 10.1 Å². The van der Waals surface area contributed by atoms with E-state index in [1.807, 2.05) is 0 Å². The second-order valence-corrected chi connectivity index (χ2v) is 3.27. The van der Waals surface area contributed by atoms with Crippen molar-refractivity contribution in [1.82, 2.24) is 15.0 Å². The SMILES string of the molecule is COc1nc(NC(=O)C(F)(F)F)cc2[nH]cnc12. The third kappa shape index (κ3) is 2.19. The molecule has 0 radical (unpaired) electrons. The number of aromatic nitrogens is 3. The van der Waals surface area contributed by atoms with Crippen molar-refractivity contribution in [1.29, 1.82) is 0 Å². The van der Waals surface area contributed by atoms with Gasteiger partial charge >= 0.3 is 12.1 Å². The number of alkyl halides is 3. The first-order valence-electron chi connectivity index (χ1n) is 4.68. The van der Waals surface area contributed by atoms with Crippen LogP contribution in [-0.4, -0.2) is 34.1 Å². The number of fused-ring (bicyclic) bond motifs is 1. The van der Waals surface area contributed by atoms with Gasteiger partial charge in [-0.25, -0.2) is 4.98 Å². The lowest BCUT2D eigenvalue weighted by molar-refractivity contribution is -0.167. The van der Waals surface area contributed by atoms with Gasteiger partial charge in [-0.05, 0) is 0 Å². The van der Waals surface area contributed by atoms with Crippen LogP contribution >= 0.6 is 0 Å². The third-order valence-corrected chi connectivity index (χ3v) is 2.07. The number of carbonyl (C=O) groups excluding carboxylic acids is 1. The Bertz CT molecular complexity index is 593. The maximum Gasteiger partial charge on any atom is 0.471 e. The fourth-order valence-electron chi connectivity index (χ4n) is 1.31. The van der Waals surface area contributed by atoms with E-state index in [4.69, 9.17) is 4.74 Å². The number of hydrogen-bond acceptors (Lipinski definition) is 4. The molecule has 0 aromatic carbocycles. The quantitative estimate of drug-likeness (QED) is 0.856. The second kappa shape index (κ2) is 4.17. The Hall–Kier alpha value is -2.32. The van der Waals surface area contributed by atoms with Crippen LogP contribution in [-0.2, 0) is 4.79 Å². The highest BCUT2D eigenvalue weighted by atomic mass is 19.4. The summed E-state index contributed by atoms with van der Waals surface area (Å²) >= 11 is 0. The standard InChI is InChI=1S/C9H7F3N4O2/c1-18-7-6-4(13-3-14-6)2-5(15-7)16-8(17)9(10,11)12/h2-3H,1H3,(H,13,14)(H,15,16,17). The highest BCUT2D eigenvalue weighted by Gasteiger charge is 2.39. The molecule has 0 aliphatic rings. The number of imidazole rings is 1. The molecule has 6 nitrogen and oxygen atoms in total. The molecule has 0 bridgehead atoms. The minimum absolute atomic E-state index is 0.0197. The number of nitrogens with one attached hydrogen (secondary N) is 2. The van der Waals surface area contributed by atoms with Gasteiger partial charge in [-0.1, -0.05) is 0 Å². The fraction of sp³-hybridized carbons (Fsp3) is 0.222. The minimum atomic E-state index is -4.97. The summed E-state index contributed by atoms with van der Waals surface area (Å²) in [5, 5.41) is 1.64. The monoisotopic (exact) mass is 260 g/mol. The average molecular weight is 260 g/mol. The maximum atomic E-state index is 12.1. The molecule has 2 aromatic heterocycles. The van der Waals surface area contributed by atoms with Crippen LogP contribution in [0.2, 0.25) is 0 Å². The predicted molar refractivity (Wildman–Crippen MR) is 55.1 cm³/mol. The van der Waals surface area contributed by atoms with Gasteiger partial charge in [-0.3, -0.25) is 4.79 Å². The number of nitrogens with zero attached hydrogens (tertiary/aromatic N) is 2. The lowest BCUT2D eigenvalue weighted by atomic mass is 10.3. The van der Waals surface area contributed by atoms with Gasteiger partial charge in [0.2, 0.25) is 5.88 Å². The molecule has 0 saturated carbocycles. The van der Waals surface area contributed by atoms with Crippen molar-refractivity contribution < 1.29 is 22.7 Å². The van der Waals surface area contributed by atoms with Crippen molar-refractivity contribution in [2.45, 2.75) is 6.18 Å². The third-order valence-electron chi connectivity index (χ3n) is 2.07. The molecule has 0 saturated heterocycles. The Labute approximate surface area is 98.2 Å². The molecule has 0 atom stereocenters. The molecule has 1 amide bonds. The molecule has 2 heterocycles. The molecule has 0 aliphatic carbocycles. The maximum absolute atomic E-state index is 12.1. The summed E-state index contributed by atoms with van der Waals surface area (Å²) in [5.74, 6) is -2.35. The summed E-state index contributed by atoms with van der Waals surface area (Å²) < 4.78 is 41.1. The van der Waals surface area contributed by atoms with E-state index >= 15 is 0 Å². The second-order valence-electron chi connectivity index (χ2n) is 3.27. The van der Waals surface area contributed by atoms with E-state index in [2.05, 4.69) is 15.0 Å². The number of halogens is 3. The zero-order valence-electron chi connectivity index (χ0n) is 9.00. The number of ether oxygens (including phenoxy) is 1. The summed E-state index contributed by atoms with van der Waals surface area (Å²) in [5.41, 5.74) is 0.766. The lowest BCUT2D eigenvalue weighted by Gasteiger charge is -2.08. The largest absolute Gasteiger partial charge is 0.479 e. The van der Waals surface area contributed by atoms with Crippen molar-refractivity contribution in [3.63, 3.8) is 0 Å². The Morgan fingerprint density at radius 3 is 2.83 bits per heavy atom. The summed E-state index contributed by atoms with van der Waals surface area (Å²) in [6.45, 7) is 0. The molecule has 9 heteroatoms. The number of carbonyl (C=O) groups is 1. The van der Waals surface area contributed by atoms with E-state index in [1.165, 1.54) is 19.5 Å². The molecule has 0 aliphatic heterocycles. The molecule has 0 fully saturated rings. The zero-order valence-corrected chi connectivity index (χ0v) is 9.00. The fourth-order valence-corrected chi connectivity index (χ4v) is 1.31. The van der Waals surface area contributed by atoms with E-state index in [-0.39, 0.29) is 11.7 Å². The minimum Gasteiger partial charge on any atom is -0.479 e. The number of hydrogen-bond donors (Lipinski definition) is 2. The predicted octanol–water partition coefficient (Wildman–Crippen LogP) is 1.47. The summed E-state index contributed by atoms with van der Waals surface area (Å²) in [6, 6.07) is 1.23. The summed E-state index contributed by atoms with van der Waals surface area (Å²) in [7, 11) is 1.30. The first-order chi connectivity index (χ1) is 8.41. The molecule has 96 valence electrons. The Morgan fingerprint density at radius 2 is 2.22 bits per heavy atom. The van der Waals surface area contributed by atoms with Crippen LogP contribution in [0.5, 0.6) is 5.88 Å². The van der Waals surface area contributed by atoms with Gasteiger partial charge in [0.25, 0.3) is 0 Å². The first kappa shape index (κ1) is 12.1. The average Bonchev–Trinajstić information content (AvgIpc) is 2.74. The number of amides is 1. The number of rotatable bonds is 2. The topological polar surface area (TPSA) is 79.9 Å². The van der Waals surface area contributed by atoms with Crippen molar-refractivity contribution in [2.24, 2.45) is 0 Å². The van der Waals surface area contributed by atoms with Crippen molar-refractivity contribution in [3.8, 4) is 5.88 Å². The smallest absolute Gasteiger partial charge is 0.471 e. The molecule has 2 N–H and O–H groups in total. The number of methoxy groups -OCH3 is 1. The van der Waals surface area contributed by atoms with Crippen LogP contribution in [0.3, 0.4) is 0 Å². The first-order valence-corrected chi connectivity index (χ1v) is 4.68. The van der Waals surface area contributed by atoms with Gasteiger partial charge < -0.3 is 15.0 Å². The van der Waals surface area contributed by atoms with Gasteiger partial charge in [0.1, 0.15) is 5.82 Å².